The number of hydrogen-bond donors (Lipinski definition) is 0. The molecule has 0 radical (unpaired) electrons. The van der Waals surface area contributed by atoms with Gasteiger partial charge >= 0.3 is 15.8 Å². The standard InChI is InChI=1S/C3F5IN4/c4-1(5,2(6,7)8)3(9)10-12-13-11-3. The molecule has 0 fully saturated rings. The molecule has 0 amide bonds. The van der Waals surface area contributed by atoms with Crippen LogP contribution < -0.4 is 0 Å². The van der Waals surface area contributed by atoms with E-state index in [4.69, 9.17) is 0 Å². The minimum Gasteiger partial charge on any atom is -0.190 e. The normalized spacial score (nSPS) is 21.1. The predicted molar refractivity (Wildman–Crippen MR) is 37.5 cm³/mol. The van der Waals surface area contributed by atoms with Gasteiger partial charge in [-0.25, -0.2) is 0 Å². The van der Waals surface area contributed by atoms with Crippen LogP contribution in [-0.4, -0.2) is 15.8 Å². The molecule has 1 rings (SSSR count). The SMILES string of the molecule is FC(F)(F)C(F)(F)C1(I)N=NN=N1. The van der Waals surface area contributed by atoms with E-state index < -0.39 is 15.8 Å². The molecule has 0 saturated carbocycles. The van der Waals surface area contributed by atoms with Gasteiger partial charge in [-0.2, -0.15) is 22.0 Å². The zero-order valence-electron chi connectivity index (χ0n) is 5.56. The smallest absolute Gasteiger partial charge is 0.190 e. The van der Waals surface area contributed by atoms with Crippen LogP contribution in [0.15, 0.2) is 20.7 Å². The largest absolute Gasteiger partial charge is 0.459 e. The molecule has 10 heteroatoms. The lowest BCUT2D eigenvalue weighted by Crippen LogP contribution is -2.50. The van der Waals surface area contributed by atoms with Gasteiger partial charge in [0.05, 0.1) is 0 Å². The van der Waals surface area contributed by atoms with Gasteiger partial charge in [0.25, 0.3) is 0 Å². The molecule has 1 aliphatic rings. The molecule has 0 N–H and O–H groups in total. The summed E-state index contributed by atoms with van der Waals surface area (Å²) in [5.41, 5.74) is 0. The highest BCUT2D eigenvalue weighted by molar-refractivity contribution is 14.1. The lowest BCUT2D eigenvalue weighted by atomic mass is 10.2. The van der Waals surface area contributed by atoms with Crippen LogP contribution in [0.3, 0.4) is 0 Å². The van der Waals surface area contributed by atoms with E-state index in [1.807, 2.05) is 0 Å². The van der Waals surface area contributed by atoms with Crippen LogP contribution >= 0.6 is 22.6 Å². The maximum absolute atomic E-state index is 12.6. The quantitative estimate of drug-likeness (QED) is 0.309. The Balaban J connectivity index is 3.06. The molecule has 0 aromatic rings. The van der Waals surface area contributed by atoms with Gasteiger partial charge in [0, 0.05) is 0 Å². The molecule has 0 aromatic carbocycles. The van der Waals surface area contributed by atoms with Crippen LogP contribution in [0.1, 0.15) is 0 Å². The van der Waals surface area contributed by atoms with E-state index in [1.54, 1.807) is 0 Å². The number of alkyl halides is 6. The summed E-state index contributed by atoms with van der Waals surface area (Å²) in [4.78, 5) is 0. The third kappa shape index (κ3) is 1.50. The second-order valence-electron chi connectivity index (χ2n) is 2.04. The molecule has 0 spiro atoms. The van der Waals surface area contributed by atoms with E-state index in [9.17, 15) is 22.0 Å². The first-order chi connectivity index (χ1) is 5.71. The van der Waals surface area contributed by atoms with Gasteiger partial charge in [-0.3, -0.25) is 0 Å². The molecule has 0 bridgehead atoms. The maximum Gasteiger partial charge on any atom is 0.459 e. The van der Waals surface area contributed by atoms with Crippen LogP contribution in [0.2, 0.25) is 0 Å². The van der Waals surface area contributed by atoms with Gasteiger partial charge in [-0.1, -0.05) is 0 Å². The Hall–Kier alpha value is -0.420. The summed E-state index contributed by atoms with van der Waals surface area (Å²) in [5, 5.41) is 10.5. The monoisotopic (exact) mass is 314 g/mol. The molecule has 0 saturated heterocycles. The van der Waals surface area contributed by atoms with Gasteiger partial charge in [0.2, 0.25) is 0 Å². The van der Waals surface area contributed by atoms with Crippen molar-refractivity contribution >= 4 is 22.6 Å². The lowest BCUT2D eigenvalue weighted by Gasteiger charge is -2.25. The minimum atomic E-state index is -5.73. The topological polar surface area (TPSA) is 49.4 Å². The van der Waals surface area contributed by atoms with E-state index in [1.165, 1.54) is 0 Å². The van der Waals surface area contributed by atoms with Gasteiger partial charge < -0.3 is 0 Å². The Kier molecular flexibility index (Phi) is 2.28. The Labute approximate surface area is 81.4 Å². The van der Waals surface area contributed by atoms with Crippen molar-refractivity contribution in [2.24, 2.45) is 20.7 Å². The van der Waals surface area contributed by atoms with Crippen LogP contribution in [0.4, 0.5) is 22.0 Å². The molecule has 1 heterocycles. The van der Waals surface area contributed by atoms with Crippen molar-refractivity contribution < 1.29 is 22.0 Å². The number of nitrogens with zero attached hydrogens (tertiary/aromatic N) is 4. The summed E-state index contributed by atoms with van der Waals surface area (Å²) in [5.74, 6) is -5.08. The number of hydrogen-bond acceptors (Lipinski definition) is 4. The Morgan fingerprint density at radius 3 is 1.62 bits per heavy atom. The molecular weight excluding hydrogens is 314 g/mol. The van der Waals surface area contributed by atoms with Gasteiger partial charge in [0.1, 0.15) is 0 Å². The fraction of sp³-hybridized carbons (Fsp3) is 1.00. The van der Waals surface area contributed by atoms with Crippen molar-refractivity contribution in [3.63, 3.8) is 0 Å². The molecule has 0 aromatic heterocycles. The highest BCUT2D eigenvalue weighted by Gasteiger charge is 2.72. The summed E-state index contributed by atoms with van der Waals surface area (Å²) in [6, 6.07) is 0. The fourth-order valence-electron chi connectivity index (χ4n) is 0.484. The van der Waals surface area contributed by atoms with E-state index in [2.05, 4.69) is 20.7 Å². The summed E-state index contributed by atoms with van der Waals surface area (Å²) in [7, 11) is 0. The Morgan fingerprint density at radius 1 is 0.923 bits per heavy atom. The molecule has 0 aliphatic carbocycles. The summed E-state index contributed by atoms with van der Waals surface area (Å²) in [6.45, 7) is 0. The lowest BCUT2D eigenvalue weighted by molar-refractivity contribution is -0.291. The Morgan fingerprint density at radius 2 is 1.31 bits per heavy atom. The molecule has 4 nitrogen and oxygen atoms in total. The van der Waals surface area contributed by atoms with Gasteiger partial charge in [-0.05, 0) is 33.0 Å². The molecule has 0 unspecified atom stereocenters. The van der Waals surface area contributed by atoms with E-state index >= 15 is 0 Å². The second-order valence-corrected chi connectivity index (χ2v) is 3.54. The van der Waals surface area contributed by atoms with Crippen molar-refractivity contribution in [1.29, 1.82) is 0 Å². The van der Waals surface area contributed by atoms with Crippen LogP contribution in [-0.2, 0) is 0 Å². The van der Waals surface area contributed by atoms with E-state index in [0.29, 0.717) is 0 Å². The average Bonchev–Trinajstić information content (AvgIpc) is 2.35. The van der Waals surface area contributed by atoms with Crippen LogP contribution in [0, 0.1) is 0 Å². The first-order valence-electron chi connectivity index (χ1n) is 2.68. The second kappa shape index (κ2) is 2.78. The zero-order chi connectivity index (χ0) is 10.3. The van der Waals surface area contributed by atoms with Crippen molar-refractivity contribution in [1.82, 2.24) is 0 Å². The van der Waals surface area contributed by atoms with Crippen molar-refractivity contribution in [3.8, 4) is 0 Å². The summed E-state index contributed by atoms with van der Waals surface area (Å²) >= 11 is 0.742. The van der Waals surface area contributed by atoms with Crippen molar-refractivity contribution in [2.75, 3.05) is 0 Å². The minimum absolute atomic E-state index is 0.742. The highest BCUT2D eigenvalue weighted by atomic mass is 127. The van der Waals surface area contributed by atoms with E-state index in [-0.39, 0.29) is 0 Å². The van der Waals surface area contributed by atoms with Crippen molar-refractivity contribution in [3.05, 3.63) is 0 Å². The van der Waals surface area contributed by atoms with Gasteiger partial charge in [-0.15, -0.1) is 10.2 Å². The predicted octanol–water partition coefficient (Wildman–Crippen LogP) is 3.11. The third-order valence-corrected chi connectivity index (χ3v) is 2.26. The third-order valence-electron chi connectivity index (χ3n) is 1.15. The number of rotatable bonds is 1. The molecular formula is C3F5IN4. The summed E-state index contributed by atoms with van der Waals surface area (Å²) < 4.78 is 57.5. The summed E-state index contributed by atoms with van der Waals surface area (Å²) in [6.07, 6.45) is -5.73. The number of halogens is 6. The highest BCUT2D eigenvalue weighted by Crippen LogP contribution is 2.51. The molecule has 13 heavy (non-hydrogen) atoms. The molecule has 74 valence electrons. The van der Waals surface area contributed by atoms with Crippen molar-refractivity contribution in [2.45, 2.75) is 15.8 Å². The maximum atomic E-state index is 12.6. The van der Waals surface area contributed by atoms with Crippen LogP contribution in [0.5, 0.6) is 0 Å². The van der Waals surface area contributed by atoms with Crippen LogP contribution in [0.25, 0.3) is 0 Å². The zero-order valence-corrected chi connectivity index (χ0v) is 7.71. The molecule has 0 atom stereocenters. The fourth-order valence-corrected chi connectivity index (χ4v) is 0.983. The average molecular weight is 314 g/mol. The Bertz CT molecular complexity index is 257. The van der Waals surface area contributed by atoms with Gasteiger partial charge in [0.15, 0.2) is 0 Å². The first kappa shape index (κ1) is 10.7. The first-order valence-corrected chi connectivity index (χ1v) is 3.76. The molecule has 1 aliphatic heterocycles. The van der Waals surface area contributed by atoms with E-state index in [0.717, 1.165) is 22.6 Å².